The van der Waals surface area contributed by atoms with Crippen LogP contribution < -0.4 is 4.74 Å². The second kappa shape index (κ2) is 9.96. The molecule has 4 rings (SSSR count). The number of carbonyl (C=O) groups excluding carboxylic acids is 1. The number of carbonyl (C=O) groups is 1. The van der Waals surface area contributed by atoms with Gasteiger partial charge in [-0.2, -0.15) is 0 Å². The van der Waals surface area contributed by atoms with Crippen LogP contribution in [0.25, 0.3) is 11.1 Å². The largest absolute Gasteiger partial charge is 0.492 e. The number of hydrogen-bond acceptors (Lipinski definition) is 3. The van der Waals surface area contributed by atoms with Gasteiger partial charge >= 0.3 is 0 Å². The number of imidazole rings is 1. The topological polar surface area (TPSA) is 47.4 Å². The third-order valence-electron chi connectivity index (χ3n) is 5.41. The molecule has 0 aliphatic heterocycles. The molecule has 0 unspecified atom stereocenters. The van der Waals surface area contributed by atoms with Gasteiger partial charge in [0.1, 0.15) is 12.4 Å². The predicted octanol–water partition coefficient (Wildman–Crippen LogP) is 5.06. The number of aromatic nitrogens is 2. The Kier molecular flexibility index (Phi) is 6.66. The molecule has 0 fully saturated rings. The Morgan fingerprint density at radius 2 is 1.75 bits per heavy atom. The zero-order valence-electron chi connectivity index (χ0n) is 18.4. The van der Waals surface area contributed by atoms with E-state index in [0.29, 0.717) is 18.7 Å². The van der Waals surface area contributed by atoms with E-state index in [9.17, 15) is 4.79 Å². The molecule has 5 heteroatoms. The lowest BCUT2D eigenvalue weighted by atomic mass is 9.98. The van der Waals surface area contributed by atoms with Crippen LogP contribution in [0.1, 0.15) is 21.5 Å². The second-order valence-electron chi connectivity index (χ2n) is 7.87. The molecule has 1 aromatic heterocycles. The summed E-state index contributed by atoms with van der Waals surface area (Å²) in [7, 11) is 1.81. The number of ether oxygens (including phenoxy) is 1. The Morgan fingerprint density at radius 1 is 1.00 bits per heavy atom. The van der Waals surface area contributed by atoms with Crippen LogP contribution in [-0.4, -0.2) is 40.6 Å². The average molecular weight is 426 g/mol. The summed E-state index contributed by atoms with van der Waals surface area (Å²) in [5, 5.41) is 0. The van der Waals surface area contributed by atoms with Crippen molar-refractivity contribution in [1.82, 2.24) is 14.5 Å². The standard InChI is InChI=1S/C27H27N3O2/c1-21-7-13-24(14-8-21)32-18-17-29(2)27(31)26-6-4-3-5-25(26)23-11-9-22(10-12-23)19-30-16-15-28-20-30/h3-16,20H,17-19H2,1-2H3. The lowest BCUT2D eigenvalue weighted by Crippen LogP contribution is -2.31. The summed E-state index contributed by atoms with van der Waals surface area (Å²) in [4.78, 5) is 19.0. The van der Waals surface area contributed by atoms with E-state index in [-0.39, 0.29) is 5.91 Å². The molecular formula is C27H27N3O2. The van der Waals surface area contributed by atoms with Crippen LogP contribution in [0.3, 0.4) is 0 Å². The molecule has 32 heavy (non-hydrogen) atoms. The monoisotopic (exact) mass is 425 g/mol. The Hall–Kier alpha value is -3.86. The van der Waals surface area contributed by atoms with Gasteiger partial charge in [0.2, 0.25) is 0 Å². The van der Waals surface area contributed by atoms with Gasteiger partial charge in [-0.1, -0.05) is 60.2 Å². The fourth-order valence-electron chi connectivity index (χ4n) is 3.54. The van der Waals surface area contributed by atoms with E-state index < -0.39 is 0 Å². The third-order valence-corrected chi connectivity index (χ3v) is 5.41. The van der Waals surface area contributed by atoms with E-state index >= 15 is 0 Å². The number of likely N-dealkylation sites (N-methyl/N-ethyl adjacent to an activating group) is 1. The number of amides is 1. The first kappa shape index (κ1) is 21.4. The zero-order chi connectivity index (χ0) is 22.3. The Labute approximate surface area is 188 Å². The molecule has 0 bridgehead atoms. The summed E-state index contributed by atoms with van der Waals surface area (Å²) >= 11 is 0. The van der Waals surface area contributed by atoms with E-state index in [1.54, 1.807) is 17.4 Å². The third kappa shape index (κ3) is 5.24. The van der Waals surface area contributed by atoms with E-state index in [1.165, 1.54) is 11.1 Å². The number of rotatable bonds is 8. The number of hydrogen-bond donors (Lipinski definition) is 0. The highest BCUT2D eigenvalue weighted by atomic mass is 16.5. The minimum atomic E-state index is -0.0180. The van der Waals surface area contributed by atoms with Crippen LogP contribution in [0.2, 0.25) is 0 Å². The maximum absolute atomic E-state index is 13.2. The van der Waals surface area contributed by atoms with Gasteiger partial charge in [-0.3, -0.25) is 4.79 Å². The lowest BCUT2D eigenvalue weighted by Gasteiger charge is -2.19. The highest BCUT2D eigenvalue weighted by Crippen LogP contribution is 2.25. The lowest BCUT2D eigenvalue weighted by molar-refractivity contribution is 0.0774. The van der Waals surface area contributed by atoms with E-state index in [1.807, 2.05) is 73.3 Å². The summed E-state index contributed by atoms with van der Waals surface area (Å²) in [5.74, 6) is 0.795. The SMILES string of the molecule is Cc1ccc(OCCN(C)C(=O)c2ccccc2-c2ccc(Cn3ccnc3)cc2)cc1. The van der Waals surface area contributed by atoms with Crippen LogP contribution in [0, 0.1) is 6.92 Å². The Bertz CT molecular complexity index is 1150. The van der Waals surface area contributed by atoms with Crippen LogP contribution in [-0.2, 0) is 6.54 Å². The normalized spacial score (nSPS) is 10.7. The quantitative estimate of drug-likeness (QED) is 0.397. The summed E-state index contributed by atoms with van der Waals surface area (Å²) < 4.78 is 7.82. The molecule has 5 nitrogen and oxygen atoms in total. The van der Waals surface area contributed by atoms with Gasteiger partial charge in [-0.25, -0.2) is 4.98 Å². The first-order valence-electron chi connectivity index (χ1n) is 10.7. The van der Waals surface area contributed by atoms with Gasteiger partial charge < -0.3 is 14.2 Å². The molecule has 0 aliphatic carbocycles. The van der Waals surface area contributed by atoms with Gasteiger partial charge in [0, 0.05) is 31.5 Å². The maximum Gasteiger partial charge on any atom is 0.254 e. The summed E-state index contributed by atoms with van der Waals surface area (Å²) in [5.41, 5.74) is 5.01. The first-order chi connectivity index (χ1) is 15.6. The molecule has 3 aromatic carbocycles. The van der Waals surface area contributed by atoms with Crippen molar-refractivity contribution in [2.24, 2.45) is 0 Å². The van der Waals surface area contributed by atoms with Crippen molar-refractivity contribution < 1.29 is 9.53 Å². The molecule has 0 saturated carbocycles. The van der Waals surface area contributed by atoms with Crippen molar-refractivity contribution in [3.8, 4) is 16.9 Å². The fraction of sp³-hybridized carbons (Fsp3) is 0.185. The molecule has 0 radical (unpaired) electrons. The zero-order valence-corrected chi connectivity index (χ0v) is 18.4. The average Bonchev–Trinajstić information content (AvgIpc) is 3.33. The van der Waals surface area contributed by atoms with Crippen LogP contribution in [0.5, 0.6) is 5.75 Å². The smallest absolute Gasteiger partial charge is 0.254 e. The minimum absolute atomic E-state index is 0.0180. The van der Waals surface area contributed by atoms with Crippen molar-refractivity contribution in [3.05, 3.63) is 108 Å². The molecule has 0 spiro atoms. The number of aryl methyl sites for hydroxylation is 1. The van der Waals surface area contributed by atoms with E-state index in [2.05, 4.69) is 29.2 Å². The highest BCUT2D eigenvalue weighted by Gasteiger charge is 2.16. The predicted molar refractivity (Wildman–Crippen MR) is 127 cm³/mol. The molecule has 0 N–H and O–H groups in total. The highest BCUT2D eigenvalue weighted by molar-refractivity contribution is 6.00. The molecule has 4 aromatic rings. The van der Waals surface area contributed by atoms with Crippen molar-refractivity contribution >= 4 is 5.91 Å². The molecule has 1 amide bonds. The van der Waals surface area contributed by atoms with E-state index in [0.717, 1.165) is 23.4 Å². The molecule has 0 atom stereocenters. The van der Waals surface area contributed by atoms with Crippen molar-refractivity contribution in [2.75, 3.05) is 20.2 Å². The van der Waals surface area contributed by atoms with Gasteiger partial charge in [-0.05, 0) is 41.8 Å². The molecule has 162 valence electrons. The molecular weight excluding hydrogens is 398 g/mol. The van der Waals surface area contributed by atoms with Crippen molar-refractivity contribution in [2.45, 2.75) is 13.5 Å². The summed E-state index contributed by atoms with van der Waals surface area (Å²) in [6, 6.07) is 24.0. The van der Waals surface area contributed by atoms with E-state index in [4.69, 9.17) is 4.74 Å². The van der Waals surface area contributed by atoms with Gasteiger partial charge in [-0.15, -0.1) is 0 Å². The summed E-state index contributed by atoms with van der Waals surface area (Å²) in [6.45, 7) is 3.76. The number of nitrogens with zero attached hydrogens (tertiary/aromatic N) is 3. The Morgan fingerprint density at radius 3 is 2.47 bits per heavy atom. The van der Waals surface area contributed by atoms with Crippen LogP contribution >= 0.6 is 0 Å². The van der Waals surface area contributed by atoms with Crippen LogP contribution in [0.15, 0.2) is 91.5 Å². The minimum Gasteiger partial charge on any atom is -0.492 e. The number of benzene rings is 3. The summed E-state index contributed by atoms with van der Waals surface area (Å²) in [6.07, 6.45) is 5.53. The van der Waals surface area contributed by atoms with Crippen molar-refractivity contribution in [3.63, 3.8) is 0 Å². The second-order valence-corrected chi connectivity index (χ2v) is 7.87. The fourth-order valence-corrected chi connectivity index (χ4v) is 3.54. The molecule has 0 saturated heterocycles. The van der Waals surface area contributed by atoms with Gasteiger partial charge in [0.05, 0.1) is 12.9 Å². The van der Waals surface area contributed by atoms with Crippen LogP contribution in [0.4, 0.5) is 0 Å². The molecule has 0 aliphatic rings. The molecule has 1 heterocycles. The van der Waals surface area contributed by atoms with Gasteiger partial charge in [0.15, 0.2) is 0 Å². The van der Waals surface area contributed by atoms with Crippen molar-refractivity contribution in [1.29, 1.82) is 0 Å². The first-order valence-corrected chi connectivity index (χ1v) is 10.7. The van der Waals surface area contributed by atoms with Gasteiger partial charge in [0.25, 0.3) is 5.91 Å². The maximum atomic E-state index is 13.2. The Balaban J connectivity index is 1.42.